The van der Waals surface area contributed by atoms with Crippen molar-refractivity contribution in [2.24, 2.45) is 5.73 Å². The highest BCUT2D eigenvalue weighted by Gasteiger charge is 2.24. The number of halogens is 1. The van der Waals surface area contributed by atoms with Gasteiger partial charge < -0.3 is 10.6 Å². The molecular weight excluding hydrogens is 415 g/mol. The van der Waals surface area contributed by atoms with Gasteiger partial charge in [0.15, 0.2) is 0 Å². The summed E-state index contributed by atoms with van der Waals surface area (Å²) in [5, 5.41) is 6.60. The van der Waals surface area contributed by atoms with Crippen molar-refractivity contribution in [1.29, 1.82) is 0 Å². The van der Waals surface area contributed by atoms with Crippen molar-refractivity contribution >= 4 is 28.8 Å². The van der Waals surface area contributed by atoms with Gasteiger partial charge in [-0.1, -0.05) is 24.3 Å². The third kappa shape index (κ3) is 4.54. The molecule has 2 heterocycles. The van der Waals surface area contributed by atoms with E-state index in [9.17, 15) is 14.0 Å². The monoisotopic (exact) mass is 434 g/mol. The first-order chi connectivity index (χ1) is 15.0. The number of hydrogen-bond acceptors (Lipinski definition) is 4. The van der Waals surface area contributed by atoms with Crippen LogP contribution in [0, 0.1) is 5.82 Å². The van der Waals surface area contributed by atoms with E-state index >= 15 is 0 Å². The topological polar surface area (TPSA) is 81.2 Å². The number of rotatable bonds is 7. The Morgan fingerprint density at radius 2 is 1.77 bits per heavy atom. The number of anilines is 1. The summed E-state index contributed by atoms with van der Waals surface area (Å²) in [5.41, 5.74) is 7.49. The molecule has 0 spiro atoms. The largest absolute Gasteiger partial charge is 0.370 e. The van der Waals surface area contributed by atoms with Crippen LogP contribution in [0.1, 0.15) is 16.9 Å². The van der Waals surface area contributed by atoms with Crippen molar-refractivity contribution in [3.8, 4) is 16.3 Å². The zero-order chi connectivity index (χ0) is 21.8. The molecule has 2 aromatic carbocycles. The number of nitrogens with zero attached hydrogens (tertiary/aromatic N) is 3. The van der Waals surface area contributed by atoms with Gasteiger partial charge in [-0.05, 0) is 53.9 Å². The van der Waals surface area contributed by atoms with Crippen molar-refractivity contribution < 1.29 is 14.0 Å². The molecule has 4 aromatic rings. The average Bonchev–Trinajstić information content (AvgIpc) is 3.45. The lowest BCUT2D eigenvalue weighted by molar-refractivity contribution is -0.117. The van der Waals surface area contributed by atoms with Gasteiger partial charge in [0.25, 0.3) is 5.91 Å². The molecule has 2 aromatic heterocycles. The lowest BCUT2D eigenvalue weighted by atomic mass is 10.2. The summed E-state index contributed by atoms with van der Waals surface area (Å²) < 4.78 is 15.0. The molecule has 156 valence electrons. The number of carbonyl (C=O) groups excluding carboxylic acids is 2. The quantitative estimate of drug-likeness (QED) is 0.472. The maximum Gasteiger partial charge on any atom is 0.277 e. The Kier molecular flexibility index (Phi) is 5.90. The first kappa shape index (κ1) is 20.5. The Hall–Kier alpha value is -3.78. The standard InChI is InChI=1S/C23H19FN4O2S/c24-16-8-10-17(11-9-16)27(13-12-22(25)29)23(30)20-15-19(21-7-4-14-31-21)26-28(20)18-5-2-1-3-6-18/h1-11,14-15H,12-13H2,(H2,25,29). The minimum absolute atomic E-state index is 0.0274. The summed E-state index contributed by atoms with van der Waals surface area (Å²) in [6, 6.07) is 20.4. The van der Waals surface area contributed by atoms with Gasteiger partial charge in [0.2, 0.25) is 5.91 Å². The number of aromatic nitrogens is 2. The number of thiophene rings is 1. The number of primary amides is 1. The Balaban J connectivity index is 1.80. The maximum atomic E-state index is 13.6. The third-order valence-corrected chi connectivity index (χ3v) is 5.56. The molecule has 0 saturated heterocycles. The van der Waals surface area contributed by atoms with Crippen LogP contribution in [-0.2, 0) is 4.79 Å². The molecule has 6 nitrogen and oxygen atoms in total. The number of carbonyl (C=O) groups is 2. The fourth-order valence-corrected chi connectivity index (χ4v) is 3.85. The number of nitrogens with two attached hydrogens (primary N) is 1. The van der Waals surface area contributed by atoms with E-state index < -0.39 is 11.7 Å². The molecule has 31 heavy (non-hydrogen) atoms. The summed E-state index contributed by atoms with van der Waals surface area (Å²) in [7, 11) is 0. The molecule has 8 heteroatoms. The Morgan fingerprint density at radius 1 is 1.03 bits per heavy atom. The Labute approximate surface area is 182 Å². The summed E-state index contributed by atoms with van der Waals surface area (Å²) >= 11 is 1.52. The van der Waals surface area contributed by atoms with Crippen LogP contribution in [-0.4, -0.2) is 28.1 Å². The van der Waals surface area contributed by atoms with Crippen LogP contribution in [0.15, 0.2) is 78.2 Å². The molecular formula is C23H19FN4O2S. The van der Waals surface area contributed by atoms with Gasteiger partial charge in [-0.3, -0.25) is 9.59 Å². The van der Waals surface area contributed by atoms with E-state index in [1.807, 2.05) is 47.8 Å². The first-order valence-electron chi connectivity index (χ1n) is 9.58. The van der Waals surface area contributed by atoms with Crippen LogP contribution in [0.4, 0.5) is 10.1 Å². The smallest absolute Gasteiger partial charge is 0.277 e. The van der Waals surface area contributed by atoms with E-state index in [0.29, 0.717) is 17.1 Å². The highest BCUT2D eigenvalue weighted by Crippen LogP contribution is 2.27. The number of hydrogen-bond donors (Lipinski definition) is 1. The lowest BCUT2D eigenvalue weighted by Gasteiger charge is -2.22. The molecule has 0 aliphatic heterocycles. The lowest BCUT2D eigenvalue weighted by Crippen LogP contribution is -2.35. The molecule has 2 amide bonds. The number of para-hydroxylation sites is 1. The van der Waals surface area contributed by atoms with Crippen molar-refractivity contribution in [2.75, 3.05) is 11.4 Å². The van der Waals surface area contributed by atoms with Crippen LogP contribution < -0.4 is 10.6 Å². The van der Waals surface area contributed by atoms with E-state index in [1.165, 1.54) is 40.5 Å². The van der Waals surface area contributed by atoms with Crippen LogP contribution >= 0.6 is 11.3 Å². The predicted molar refractivity (Wildman–Crippen MR) is 119 cm³/mol. The summed E-state index contributed by atoms with van der Waals surface area (Å²) in [6.45, 7) is 0.0636. The predicted octanol–water partition coefficient (Wildman–Crippen LogP) is 4.26. The molecule has 0 fully saturated rings. The van der Waals surface area contributed by atoms with Crippen molar-refractivity contribution in [1.82, 2.24) is 9.78 Å². The molecule has 0 saturated carbocycles. The van der Waals surface area contributed by atoms with E-state index in [0.717, 1.165) is 10.6 Å². The van der Waals surface area contributed by atoms with Gasteiger partial charge >= 0.3 is 0 Å². The minimum atomic E-state index is -0.532. The van der Waals surface area contributed by atoms with Crippen LogP contribution in [0.3, 0.4) is 0 Å². The second-order valence-electron chi connectivity index (χ2n) is 6.79. The summed E-state index contributed by atoms with van der Waals surface area (Å²) in [4.78, 5) is 27.4. The van der Waals surface area contributed by atoms with Gasteiger partial charge in [-0.15, -0.1) is 11.3 Å². The van der Waals surface area contributed by atoms with E-state index in [2.05, 4.69) is 5.10 Å². The fourth-order valence-electron chi connectivity index (χ4n) is 3.17. The van der Waals surface area contributed by atoms with Crippen molar-refractivity contribution in [3.63, 3.8) is 0 Å². The number of benzene rings is 2. The Morgan fingerprint density at radius 3 is 2.42 bits per heavy atom. The van der Waals surface area contributed by atoms with Gasteiger partial charge in [-0.25, -0.2) is 9.07 Å². The second-order valence-corrected chi connectivity index (χ2v) is 7.74. The van der Waals surface area contributed by atoms with E-state index in [1.54, 1.807) is 10.7 Å². The van der Waals surface area contributed by atoms with Crippen molar-refractivity contribution in [3.05, 3.63) is 89.7 Å². The van der Waals surface area contributed by atoms with Gasteiger partial charge in [-0.2, -0.15) is 5.10 Å². The van der Waals surface area contributed by atoms with Crippen LogP contribution in [0.5, 0.6) is 0 Å². The maximum absolute atomic E-state index is 13.6. The zero-order valence-electron chi connectivity index (χ0n) is 16.4. The summed E-state index contributed by atoms with van der Waals surface area (Å²) in [6.07, 6.45) is -0.0274. The Bertz CT molecular complexity index is 1190. The molecule has 0 aliphatic carbocycles. The SMILES string of the molecule is NC(=O)CCN(C(=O)c1cc(-c2cccs2)nn1-c1ccccc1)c1ccc(F)cc1. The number of amides is 2. The van der Waals surface area contributed by atoms with Gasteiger partial charge in [0, 0.05) is 18.7 Å². The van der Waals surface area contributed by atoms with Gasteiger partial charge in [0.05, 0.1) is 10.6 Å². The third-order valence-electron chi connectivity index (χ3n) is 4.67. The fraction of sp³-hybridized carbons (Fsp3) is 0.0870. The average molecular weight is 434 g/mol. The molecule has 0 atom stereocenters. The molecule has 4 rings (SSSR count). The zero-order valence-corrected chi connectivity index (χ0v) is 17.3. The minimum Gasteiger partial charge on any atom is -0.370 e. The molecule has 0 radical (unpaired) electrons. The summed E-state index contributed by atoms with van der Waals surface area (Å²) in [5.74, 6) is -1.32. The van der Waals surface area contributed by atoms with E-state index in [4.69, 9.17) is 5.73 Å². The van der Waals surface area contributed by atoms with Crippen molar-refractivity contribution in [2.45, 2.75) is 6.42 Å². The highest BCUT2D eigenvalue weighted by molar-refractivity contribution is 7.13. The second kappa shape index (κ2) is 8.93. The molecule has 2 N–H and O–H groups in total. The molecule has 0 bridgehead atoms. The van der Waals surface area contributed by atoms with Crippen LogP contribution in [0.2, 0.25) is 0 Å². The van der Waals surface area contributed by atoms with Gasteiger partial charge in [0.1, 0.15) is 17.2 Å². The van der Waals surface area contributed by atoms with Crippen LogP contribution in [0.25, 0.3) is 16.3 Å². The highest BCUT2D eigenvalue weighted by atomic mass is 32.1. The first-order valence-corrected chi connectivity index (χ1v) is 10.5. The molecule has 0 aliphatic rings. The molecule has 0 unspecified atom stereocenters. The van der Waals surface area contributed by atoms with E-state index in [-0.39, 0.29) is 18.9 Å². The normalized spacial score (nSPS) is 10.7.